The fourth-order valence-corrected chi connectivity index (χ4v) is 5.42. The molecule has 5 rings (SSSR count). The van der Waals surface area contributed by atoms with E-state index in [0.717, 1.165) is 29.5 Å². The van der Waals surface area contributed by atoms with E-state index in [1.807, 2.05) is 44.2 Å². The van der Waals surface area contributed by atoms with Gasteiger partial charge in [0.2, 0.25) is 5.91 Å². The second-order valence-electron chi connectivity index (χ2n) is 8.29. The molecule has 32 heavy (non-hydrogen) atoms. The molecule has 7 heteroatoms. The molecule has 0 saturated heterocycles. The third kappa shape index (κ3) is 3.39. The molecule has 1 atom stereocenters. The van der Waals surface area contributed by atoms with Crippen molar-refractivity contribution in [3.63, 3.8) is 0 Å². The van der Waals surface area contributed by atoms with Crippen LogP contribution in [0.15, 0.2) is 63.5 Å². The zero-order chi connectivity index (χ0) is 22.4. The number of rotatable bonds is 4. The number of carbonyl (C=O) groups is 1. The van der Waals surface area contributed by atoms with Crippen molar-refractivity contribution in [1.82, 2.24) is 14.5 Å². The summed E-state index contributed by atoms with van der Waals surface area (Å²) in [6.07, 6.45) is 1.77. The van der Waals surface area contributed by atoms with E-state index in [1.54, 1.807) is 17.5 Å². The van der Waals surface area contributed by atoms with Gasteiger partial charge in [0.15, 0.2) is 0 Å². The lowest BCUT2D eigenvalue weighted by Crippen LogP contribution is -2.42. The maximum Gasteiger partial charge on any atom is 0.336 e. The van der Waals surface area contributed by atoms with Gasteiger partial charge in [-0.2, -0.15) is 0 Å². The number of carbonyl (C=O) groups excluding carboxylic acids is 1. The lowest BCUT2D eigenvalue weighted by atomic mass is 10.1. The zero-order valence-corrected chi connectivity index (χ0v) is 18.7. The van der Waals surface area contributed by atoms with Crippen molar-refractivity contribution in [1.29, 1.82) is 0 Å². The summed E-state index contributed by atoms with van der Waals surface area (Å²) in [4.78, 5) is 39.6. The van der Waals surface area contributed by atoms with Crippen LogP contribution >= 0.6 is 11.3 Å². The number of benzene rings is 2. The van der Waals surface area contributed by atoms with E-state index in [-0.39, 0.29) is 24.1 Å². The standard InChI is InChI=1S/C25H23N3O3S/c1-15-7-10-20(16(2)13-15)28-24(30)23-21(11-12-32-23)27(25(28)31)14-22(29)26-19-9-8-17-5-3-4-6-18(17)19/h3-7,10-13,19H,8-9,14H2,1-2H3,(H,26,29)/t19-/m0/s1. The molecule has 2 heterocycles. The Labute approximate surface area is 188 Å². The van der Waals surface area contributed by atoms with Gasteiger partial charge in [-0.15, -0.1) is 11.3 Å². The van der Waals surface area contributed by atoms with E-state index >= 15 is 0 Å². The Bertz CT molecular complexity index is 1480. The Hall–Kier alpha value is -3.45. The van der Waals surface area contributed by atoms with E-state index in [0.29, 0.717) is 15.9 Å². The van der Waals surface area contributed by atoms with Gasteiger partial charge in [0.05, 0.1) is 17.2 Å². The summed E-state index contributed by atoms with van der Waals surface area (Å²) < 4.78 is 3.05. The SMILES string of the molecule is Cc1ccc(-n2c(=O)c3sccc3n(CC(=O)N[C@H]3CCc4ccccc43)c2=O)c(C)c1. The number of aryl methyl sites for hydroxylation is 3. The molecule has 0 saturated carbocycles. The van der Waals surface area contributed by atoms with Gasteiger partial charge in [0.25, 0.3) is 5.56 Å². The normalized spacial score (nSPS) is 15.1. The lowest BCUT2D eigenvalue weighted by Gasteiger charge is -2.17. The summed E-state index contributed by atoms with van der Waals surface area (Å²) in [7, 11) is 0. The van der Waals surface area contributed by atoms with E-state index in [1.165, 1.54) is 26.0 Å². The lowest BCUT2D eigenvalue weighted by molar-refractivity contribution is -0.122. The van der Waals surface area contributed by atoms with Crippen molar-refractivity contribution >= 4 is 27.5 Å². The smallest absolute Gasteiger partial charge is 0.336 e. The summed E-state index contributed by atoms with van der Waals surface area (Å²) in [5.41, 5.74) is 4.44. The minimum atomic E-state index is -0.505. The first-order valence-corrected chi connectivity index (χ1v) is 11.5. The van der Waals surface area contributed by atoms with Gasteiger partial charge in [-0.05, 0) is 60.9 Å². The molecular weight excluding hydrogens is 422 g/mol. The summed E-state index contributed by atoms with van der Waals surface area (Å²) in [5, 5.41) is 4.85. The van der Waals surface area contributed by atoms with Crippen molar-refractivity contribution in [3.05, 3.63) is 97.0 Å². The van der Waals surface area contributed by atoms with Crippen molar-refractivity contribution in [2.24, 2.45) is 0 Å². The predicted molar refractivity (Wildman–Crippen MR) is 127 cm³/mol. The van der Waals surface area contributed by atoms with Crippen LogP contribution in [-0.2, 0) is 17.8 Å². The molecule has 0 fully saturated rings. The maximum atomic E-state index is 13.5. The summed E-state index contributed by atoms with van der Waals surface area (Å²) in [5.74, 6) is -0.243. The zero-order valence-electron chi connectivity index (χ0n) is 17.9. The van der Waals surface area contributed by atoms with Gasteiger partial charge >= 0.3 is 5.69 Å². The molecular formula is C25H23N3O3S. The molecule has 0 unspecified atom stereocenters. The highest BCUT2D eigenvalue weighted by molar-refractivity contribution is 7.17. The second-order valence-corrected chi connectivity index (χ2v) is 9.21. The van der Waals surface area contributed by atoms with Crippen molar-refractivity contribution < 1.29 is 4.79 Å². The van der Waals surface area contributed by atoms with Crippen LogP contribution in [0.1, 0.15) is 34.7 Å². The first kappa shape index (κ1) is 20.5. The van der Waals surface area contributed by atoms with Crippen LogP contribution in [0.2, 0.25) is 0 Å². The molecule has 2 aromatic heterocycles. The molecule has 1 aliphatic rings. The Morgan fingerprint density at radius 2 is 1.94 bits per heavy atom. The van der Waals surface area contributed by atoms with Gasteiger partial charge in [0.1, 0.15) is 11.2 Å². The first-order valence-electron chi connectivity index (χ1n) is 10.6. The number of nitrogens with one attached hydrogen (secondary N) is 1. The highest BCUT2D eigenvalue weighted by Crippen LogP contribution is 2.30. The number of thiophene rings is 1. The van der Waals surface area contributed by atoms with Crippen molar-refractivity contribution in [3.8, 4) is 5.69 Å². The van der Waals surface area contributed by atoms with Crippen LogP contribution in [0.5, 0.6) is 0 Å². The van der Waals surface area contributed by atoms with Crippen LogP contribution in [0, 0.1) is 13.8 Å². The Balaban J connectivity index is 1.55. The van der Waals surface area contributed by atoms with Crippen LogP contribution in [-0.4, -0.2) is 15.0 Å². The third-order valence-electron chi connectivity index (χ3n) is 6.12. The number of hydrogen-bond donors (Lipinski definition) is 1. The van der Waals surface area contributed by atoms with Crippen LogP contribution in [0.4, 0.5) is 0 Å². The minimum Gasteiger partial charge on any atom is -0.348 e. The summed E-state index contributed by atoms with van der Waals surface area (Å²) in [6.45, 7) is 3.70. The van der Waals surface area contributed by atoms with Gasteiger partial charge in [0, 0.05) is 0 Å². The van der Waals surface area contributed by atoms with E-state index in [9.17, 15) is 14.4 Å². The highest BCUT2D eigenvalue weighted by atomic mass is 32.1. The highest BCUT2D eigenvalue weighted by Gasteiger charge is 2.24. The van der Waals surface area contributed by atoms with Gasteiger partial charge in [-0.3, -0.25) is 14.2 Å². The number of nitrogens with zero attached hydrogens (tertiary/aromatic N) is 2. The fourth-order valence-electron chi connectivity index (χ4n) is 4.60. The molecule has 0 spiro atoms. The summed E-state index contributed by atoms with van der Waals surface area (Å²) in [6, 6.07) is 15.4. The molecule has 0 bridgehead atoms. The molecule has 6 nitrogen and oxygen atoms in total. The Morgan fingerprint density at radius 3 is 2.75 bits per heavy atom. The maximum absolute atomic E-state index is 13.5. The first-order chi connectivity index (χ1) is 15.4. The van der Waals surface area contributed by atoms with Gasteiger partial charge in [-0.25, -0.2) is 9.36 Å². The molecule has 1 aliphatic carbocycles. The Kier molecular flexibility index (Phi) is 5.06. The average molecular weight is 446 g/mol. The second kappa shape index (κ2) is 7.91. The molecule has 1 amide bonds. The number of hydrogen-bond acceptors (Lipinski definition) is 4. The largest absolute Gasteiger partial charge is 0.348 e. The van der Waals surface area contributed by atoms with Crippen LogP contribution in [0.3, 0.4) is 0 Å². The molecule has 4 aromatic rings. The van der Waals surface area contributed by atoms with Crippen LogP contribution < -0.4 is 16.6 Å². The average Bonchev–Trinajstić information content (AvgIpc) is 3.41. The van der Waals surface area contributed by atoms with E-state index < -0.39 is 5.69 Å². The van der Waals surface area contributed by atoms with Gasteiger partial charge in [-0.1, -0.05) is 42.0 Å². The molecule has 0 aliphatic heterocycles. The van der Waals surface area contributed by atoms with E-state index in [2.05, 4.69) is 11.4 Å². The third-order valence-corrected chi connectivity index (χ3v) is 7.01. The number of aromatic nitrogens is 2. The van der Waals surface area contributed by atoms with Crippen molar-refractivity contribution in [2.75, 3.05) is 0 Å². The topological polar surface area (TPSA) is 73.1 Å². The minimum absolute atomic E-state index is 0.0578. The van der Waals surface area contributed by atoms with Gasteiger partial charge < -0.3 is 5.32 Å². The predicted octanol–water partition coefficient (Wildman–Crippen LogP) is 3.63. The molecule has 162 valence electrons. The van der Waals surface area contributed by atoms with E-state index in [4.69, 9.17) is 0 Å². The Morgan fingerprint density at radius 1 is 1.12 bits per heavy atom. The molecule has 0 radical (unpaired) electrons. The fraction of sp³-hybridized carbons (Fsp3) is 0.240. The molecule has 1 N–H and O–H groups in total. The quantitative estimate of drug-likeness (QED) is 0.521. The number of fused-ring (bicyclic) bond motifs is 2. The number of amides is 1. The van der Waals surface area contributed by atoms with Crippen LogP contribution in [0.25, 0.3) is 15.9 Å². The summed E-state index contributed by atoms with van der Waals surface area (Å²) >= 11 is 1.28. The monoisotopic (exact) mass is 445 g/mol. The van der Waals surface area contributed by atoms with Crippen molar-refractivity contribution in [2.45, 2.75) is 39.3 Å². The molecule has 2 aromatic carbocycles.